The highest BCUT2D eigenvalue weighted by Gasteiger charge is 2.33. The summed E-state index contributed by atoms with van der Waals surface area (Å²) in [7, 11) is 1.48. The molecule has 5 nitrogen and oxygen atoms in total. The van der Waals surface area contributed by atoms with Crippen LogP contribution in [0.5, 0.6) is 0 Å². The fraction of sp³-hybridized carbons (Fsp3) is 0.300. The summed E-state index contributed by atoms with van der Waals surface area (Å²) in [5.41, 5.74) is 1.28. The van der Waals surface area contributed by atoms with Crippen molar-refractivity contribution in [2.24, 2.45) is 0 Å². The minimum Gasteiger partial charge on any atom is -0.338 e. The number of para-hydroxylation sites is 2. The number of hydrogen-bond acceptors (Lipinski definition) is 2. The Labute approximate surface area is 160 Å². The molecule has 1 N–H and O–H groups in total. The fourth-order valence-corrected chi connectivity index (χ4v) is 3.03. The Morgan fingerprint density at radius 2 is 1.86 bits per heavy atom. The van der Waals surface area contributed by atoms with Crippen LogP contribution >= 0.6 is 0 Å². The molecule has 28 heavy (non-hydrogen) atoms. The lowest BCUT2D eigenvalue weighted by Gasteiger charge is -2.20. The first-order valence-corrected chi connectivity index (χ1v) is 8.90. The summed E-state index contributed by atoms with van der Waals surface area (Å²) in [6.45, 7) is 0.978. The van der Waals surface area contributed by atoms with E-state index in [-0.39, 0.29) is 12.1 Å². The predicted molar refractivity (Wildman–Crippen MR) is 101 cm³/mol. The normalized spacial score (nSPS) is 11.6. The molecule has 8 heteroatoms. The van der Waals surface area contributed by atoms with Gasteiger partial charge in [0, 0.05) is 26.7 Å². The minimum atomic E-state index is -4.44. The van der Waals surface area contributed by atoms with Gasteiger partial charge >= 0.3 is 12.2 Å². The number of carbonyl (C=O) groups is 1. The van der Waals surface area contributed by atoms with Crippen LogP contribution in [-0.4, -0.2) is 34.1 Å². The smallest absolute Gasteiger partial charge is 0.338 e. The van der Waals surface area contributed by atoms with Gasteiger partial charge in [0.2, 0.25) is 0 Å². The maximum Gasteiger partial charge on any atom is 0.416 e. The number of nitrogens with zero attached hydrogens (tertiary/aromatic N) is 3. The van der Waals surface area contributed by atoms with Crippen LogP contribution in [0, 0.1) is 0 Å². The number of aryl methyl sites for hydroxylation is 1. The number of halogens is 3. The van der Waals surface area contributed by atoms with Crippen LogP contribution in [-0.2, 0) is 19.3 Å². The van der Waals surface area contributed by atoms with Gasteiger partial charge in [-0.25, -0.2) is 9.78 Å². The summed E-state index contributed by atoms with van der Waals surface area (Å²) < 4.78 is 41.2. The number of aromatic nitrogens is 2. The Hall–Kier alpha value is -3.03. The van der Waals surface area contributed by atoms with Gasteiger partial charge in [0.1, 0.15) is 0 Å². The van der Waals surface area contributed by atoms with Crippen molar-refractivity contribution >= 4 is 17.1 Å². The summed E-state index contributed by atoms with van der Waals surface area (Å²) in [6, 6.07) is 12.6. The van der Waals surface area contributed by atoms with E-state index in [1.54, 1.807) is 6.33 Å². The number of carbonyl (C=O) groups excluding carboxylic acids is 1. The highest BCUT2D eigenvalue weighted by Crippen LogP contribution is 2.32. The first-order valence-electron chi connectivity index (χ1n) is 8.90. The molecule has 3 rings (SSSR count). The number of nitrogens with one attached hydrogen (secondary N) is 1. The molecule has 0 atom stereocenters. The highest BCUT2D eigenvalue weighted by molar-refractivity contribution is 5.75. The van der Waals surface area contributed by atoms with Crippen LogP contribution in [0.4, 0.5) is 18.0 Å². The van der Waals surface area contributed by atoms with Crippen molar-refractivity contribution in [1.29, 1.82) is 0 Å². The quantitative estimate of drug-likeness (QED) is 0.639. The van der Waals surface area contributed by atoms with Gasteiger partial charge in [0.15, 0.2) is 0 Å². The van der Waals surface area contributed by atoms with E-state index in [0.717, 1.165) is 17.1 Å². The second-order valence-corrected chi connectivity index (χ2v) is 6.52. The molecule has 0 aliphatic carbocycles. The first-order chi connectivity index (χ1) is 13.4. The minimum absolute atomic E-state index is 0.0672. The Balaban J connectivity index is 1.50. The summed E-state index contributed by atoms with van der Waals surface area (Å²) >= 11 is 0. The van der Waals surface area contributed by atoms with Crippen molar-refractivity contribution in [1.82, 2.24) is 19.8 Å². The summed E-state index contributed by atoms with van der Waals surface area (Å²) in [5, 5.41) is 2.74. The standard InChI is InChI=1S/C20H21F3N4O/c1-26(13-15-7-2-3-8-16(15)20(21,22)23)19(28)24-11-6-12-27-14-25-17-9-4-5-10-18(17)27/h2-5,7-10,14H,6,11-13H2,1H3,(H,24,28). The molecule has 0 saturated carbocycles. The van der Waals surface area contributed by atoms with E-state index in [4.69, 9.17) is 0 Å². The Bertz CT molecular complexity index is 952. The van der Waals surface area contributed by atoms with Gasteiger partial charge in [-0.3, -0.25) is 0 Å². The number of urea groups is 1. The van der Waals surface area contributed by atoms with E-state index in [1.807, 2.05) is 28.8 Å². The zero-order valence-corrected chi connectivity index (χ0v) is 15.4. The third kappa shape index (κ3) is 4.62. The van der Waals surface area contributed by atoms with Crippen LogP contribution in [0.3, 0.4) is 0 Å². The second kappa shape index (κ2) is 8.33. The summed E-state index contributed by atoms with van der Waals surface area (Å²) in [5.74, 6) is 0. The average Bonchev–Trinajstić information content (AvgIpc) is 3.08. The maximum absolute atomic E-state index is 13.1. The first kappa shape index (κ1) is 19.7. The van der Waals surface area contributed by atoms with Gasteiger partial charge in [0.05, 0.1) is 22.9 Å². The Kier molecular flexibility index (Phi) is 5.87. The fourth-order valence-electron chi connectivity index (χ4n) is 3.03. The van der Waals surface area contributed by atoms with Crippen molar-refractivity contribution in [2.75, 3.05) is 13.6 Å². The topological polar surface area (TPSA) is 50.2 Å². The lowest BCUT2D eigenvalue weighted by Crippen LogP contribution is -2.37. The number of rotatable bonds is 6. The predicted octanol–water partition coefficient (Wildman–Crippen LogP) is 4.29. The second-order valence-electron chi connectivity index (χ2n) is 6.52. The molecule has 0 unspecified atom stereocenters. The van der Waals surface area contributed by atoms with Crippen LogP contribution < -0.4 is 5.32 Å². The molecule has 2 amide bonds. The van der Waals surface area contributed by atoms with Gasteiger partial charge in [-0.15, -0.1) is 0 Å². The molecule has 0 bridgehead atoms. The zero-order chi connectivity index (χ0) is 20.1. The largest absolute Gasteiger partial charge is 0.416 e. The van der Waals surface area contributed by atoms with Crippen molar-refractivity contribution < 1.29 is 18.0 Å². The highest BCUT2D eigenvalue weighted by atomic mass is 19.4. The van der Waals surface area contributed by atoms with Gasteiger partial charge < -0.3 is 14.8 Å². The lowest BCUT2D eigenvalue weighted by molar-refractivity contribution is -0.138. The summed E-state index contributed by atoms with van der Waals surface area (Å²) in [4.78, 5) is 17.8. The van der Waals surface area contributed by atoms with E-state index in [2.05, 4.69) is 10.3 Å². The molecule has 2 aromatic carbocycles. The van der Waals surface area contributed by atoms with Crippen molar-refractivity contribution in [3.8, 4) is 0 Å². The van der Waals surface area contributed by atoms with E-state index < -0.39 is 17.8 Å². The monoisotopic (exact) mass is 390 g/mol. The summed E-state index contributed by atoms with van der Waals surface area (Å²) in [6.07, 6.45) is -2.01. The molecule has 0 fully saturated rings. The lowest BCUT2D eigenvalue weighted by atomic mass is 10.1. The van der Waals surface area contributed by atoms with Gasteiger partial charge in [-0.2, -0.15) is 13.2 Å². The van der Waals surface area contributed by atoms with E-state index >= 15 is 0 Å². The maximum atomic E-state index is 13.1. The molecule has 1 heterocycles. The Morgan fingerprint density at radius 1 is 1.14 bits per heavy atom. The van der Waals surface area contributed by atoms with Gasteiger partial charge in [-0.1, -0.05) is 30.3 Å². The SMILES string of the molecule is CN(Cc1ccccc1C(F)(F)F)C(=O)NCCCn1cnc2ccccc21. The Morgan fingerprint density at radius 3 is 2.64 bits per heavy atom. The zero-order valence-electron chi connectivity index (χ0n) is 15.4. The van der Waals surface area contributed by atoms with Gasteiger partial charge in [-0.05, 0) is 30.2 Å². The number of imidazole rings is 1. The number of alkyl halides is 3. The van der Waals surface area contributed by atoms with Crippen molar-refractivity contribution in [2.45, 2.75) is 25.7 Å². The molecule has 0 radical (unpaired) electrons. The van der Waals surface area contributed by atoms with Crippen LogP contribution in [0.15, 0.2) is 54.9 Å². The number of fused-ring (bicyclic) bond motifs is 1. The van der Waals surface area contributed by atoms with E-state index in [1.165, 1.54) is 30.1 Å². The molecule has 1 aromatic heterocycles. The molecular formula is C20H21F3N4O. The molecule has 0 saturated heterocycles. The molecule has 148 valence electrons. The molecule has 3 aromatic rings. The van der Waals surface area contributed by atoms with Crippen molar-refractivity contribution in [3.05, 3.63) is 66.0 Å². The number of hydrogen-bond donors (Lipinski definition) is 1. The third-order valence-corrected chi connectivity index (χ3v) is 4.46. The molecule has 0 spiro atoms. The van der Waals surface area contributed by atoms with Crippen LogP contribution in [0.1, 0.15) is 17.5 Å². The number of amides is 2. The van der Waals surface area contributed by atoms with Gasteiger partial charge in [0.25, 0.3) is 0 Å². The molecule has 0 aliphatic heterocycles. The average molecular weight is 390 g/mol. The molecule has 0 aliphatic rings. The van der Waals surface area contributed by atoms with E-state index in [9.17, 15) is 18.0 Å². The van der Waals surface area contributed by atoms with Crippen LogP contribution in [0.2, 0.25) is 0 Å². The van der Waals surface area contributed by atoms with Crippen LogP contribution in [0.25, 0.3) is 11.0 Å². The third-order valence-electron chi connectivity index (χ3n) is 4.46. The number of benzene rings is 2. The van der Waals surface area contributed by atoms with E-state index in [0.29, 0.717) is 19.5 Å². The van der Waals surface area contributed by atoms with Crippen molar-refractivity contribution in [3.63, 3.8) is 0 Å². The molecular weight excluding hydrogens is 369 g/mol.